The van der Waals surface area contributed by atoms with Crippen LogP contribution in [0, 0.1) is 12.3 Å². The summed E-state index contributed by atoms with van der Waals surface area (Å²) in [4.78, 5) is 11.3. The molecule has 1 rings (SSSR count). The molecule has 0 amide bonds. The Bertz CT molecular complexity index is 362. The molecular formula is C9H8BrNO. The monoisotopic (exact) mass is 225 g/mol. The zero-order chi connectivity index (χ0) is 8.97. The first-order chi connectivity index (χ1) is 5.75. The Morgan fingerprint density at radius 3 is 3.08 bits per heavy atom. The van der Waals surface area contributed by atoms with Gasteiger partial charge in [-0.2, -0.15) is 0 Å². The average Bonchev–Trinajstić information content (AvgIpc) is 2.08. The summed E-state index contributed by atoms with van der Waals surface area (Å²) < 4.78 is 2.16. The van der Waals surface area contributed by atoms with Crippen molar-refractivity contribution in [3.63, 3.8) is 0 Å². The van der Waals surface area contributed by atoms with E-state index in [0.29, 0.717) is 17.4 Å². The van der Waals surface area contributed by atoms with Crippen LogP contribution in [0.2, 0.25) is 0 Å². The van der Waals surface area contributed by atoms with Gasteiger partial charge in [-0.3, -0.25) is 4.79 Å². The molecule has 0 radical (unpaired) electrons. The zero-order valence-corrected chi connectivity index (χ0v) is 8.04. The highest BCUT2D eigenvalue weighted by molar-refractivity contribution is 9.10. The van der Waals surface area contributed by atoms with E-state index in [9.17, 15) is 4.79 Å². The lowest BCUT2D eigenvalue weighted by Gasteiger charge is -2.01. The van der Waals surface area contributed by atoms with Gasteiger partial charge >= 0.3 is 0 Å². The number of pyridine rings is 1. The van der Waals surface area contributed by atoms with Gasteiger partial charge in [0.15, 0.2) is 0 Å². The predicted octanol–water partition coefficient (Wildman–Crippen LogP) is 1.63. The second-order valence-corrected chi connectivity index (χ2v) is 3.16. The maximum atomic E-state index is 11.3. The number of aryl methyl sites for hydroxylation is 1. The molecular weight excluding hydrogens is 218 g/mol. The maximum Gasteiger partial charge on any atom is 0.264 e. The van der Waals surface area contributed by atoms with Crippen LogP contribution in [-0.4, -0.2) is 4.57 Å². The van der Waals surface area contributed by atoms with E-state index < -0.39 is 0 Å². The van der Waals surface area contributed by atoms with Crippen molar-refractivity contribution in [3.8, 4) is 12.3 Å². The molecule has 2 nitrogen and oxygen atoms in total. The highest BCUT2D eigenvalue weighted by atomic mass is 79.9. The SMILES string of the molecule is C#CCCn1cccc(Br)c1=O. The first-order valence-corrected chi connectivity index (χ1v) is 4.33. The number of nitrogens with zero attached hydrogens (tertiary/aromatic N) is 1. The fraction of sp³-hybridized carbons (Fsp3) is 0.222. The average molecular weight is 226 g/mol. The normalized spacial score (nSPS) is 9.33. The van der Waals surface area contributed by atoms with E-state index in [4.69, 9.17) is 6.42 Å². The summed E-state index contributed by atoms with van der Waals surface area (Å²) in [5, 5.41) is 0. The lowest BCUT2D eigenvalue weighted by Crippen LogP contribution is -2.19. The second kappa shape index (κ2) is 4.13. The number of aromatic nitrogens is 1. The van der Waals surface area contributed by atoms with Gasteiger partial charge in [-0.25, -0.2) is 0 Å². The van der Waals surface area contributed by atoms with Crippen LogP contribution < -0.4 is 5.56 Å². The first kappa shape index (κ1) is 9.08. The Balaban J connectivity index is 2.95. The zero-order valence-electron chi connectivity index (χ0n) is 6.46. The minimum absolute atomic E-state index is 0.0345. The molecule has 0 spiro atoms. The highest BCUT2D eigenvalue weighted by Gasteiger charge is 1.97. The third-order valence-electron chi connectivity index (χ3n) is 1.47. The van der Waals surface area contributed by atoms with E-state index in [1.54, 1.807) is 16.8 Å². The highest BCUT2D eigenvalue weighted by Crippen LogP contribution is 2.00. The summed E-state index contributed by atoms with van der Waals surface area (Å²) in [6, 6.07) is 3.52. The Kier molecular flexibility index (Phi) is 3.12. The molecule has 3 heteroatoms. The molecule has 0 saturated carbocycles. The molecule has 1 heterocycles. The van der Waals surface area contributed by atoms with Crippen molar-refractivity contribution in [2.75, 3.05) is 0 Å². The molecule has 0 N–H and O–H groups in total. The molecule has 0 atom stereocenters. The fourth-order valence-electron chi connectivity index (χ4n) is 0.869. The Morgan fingerprint density at radius 1 is 1.67 bits per heavy atom. The van der Waals surface area contributed by atoms with Crippen LogP contribution in [0.5, 0.6) is 0 Å². The topological polar surface area (TPSA) is 22.0 Å². The van der Waals surface area contributed by atoms with Gasteiger partial charge in [0.25, 0.3) is 5.56 Å². The Labute approximate surface area is 79.3 Å². The van der Waals surface area contributed by atoms with E-state index >= 15 is 0 Å². The smallest absolute Gasteiger partial charge is 0.264 e. The van der Waals surface area contributed by atoms with Crippen LogP contribution in [0.15, 0.2) is 27.6 Å². The van der Waals surface area contributed by atoms with E-state index in [2.05, 4.69) is 21.9 Å². The van der Waals surface area contributed by atoms with Crippen molar-refractivity contribution in [1.29, 1.82) is 0 Å². The summed E-state index contributed by atoms with van der Waals surface area (Å²) in [5.74, 6) is 2.49. The molecule has 0 aliphatic heterocycles. The quantitative estimate of drug-likeness (QED) is 0.702. The number of hydrogen-bond donors (Lipinski definition) is 0. The van der Waals surface area contributed by atoms with E-state index in [-0.39, 0.29) is 5.56 Å². The number of halogens is 1. The van der Waals surface area contributed by atoms with Crippen LogP contribution in [0.3, 0.4) is 0 Å². The van der Waals surface area contributed by atoms with Crippen LogP contribution in [0.1, 0.15) is 6.42 Å². The van der Waals surface area contributed by atoms with Gasteiger partial charge in [0, 0.05) is 19.2 Å². The molecule has 0 aliphatic rings. The van der Waals surface area contributed by atoms with Crippen LogP contribution in [0.25, 0.3) is 0 Å². The van der Waals surface area contributed by atoms with Crippen molar-refractivity contribution < 1.29 is 0 Å². The summed E-state index contributed by atoms with van der Waals surface area (Å²) in [5.41, 5.74) is -0.0345. The third kappa shape index (κ3) is 1.99. The van der Waals surface area contributed by atoms with Gasteiger partial charge in [-0.05, 0) is 28.1 Å². The van der Waals surface area contributed by atoms with Gasteiger partial charge in [-0.1, -0.05) is 0 Å². The minimum Gasteiger partial charge on any atom is -0.314 e. The second-order valence-electron chi connectivity index (χ2n) is 2.31. The lowest BCUT2D eigenvalue weighted by atomic mass is 10.4. The lowest BCUT2D eigenvalue weighted by molar-refractivity contribution is 0.686. The Hall–Kier alpha value is -1.01. The van der Waals surface area contributed by atoms with Crippen LogP contribution >= 0.6 is 15.9 Å². The summed E-state index contributed by atoms with van der Waals surface area (Å²) >= 11 is 3.15. The van der Waals surface area contributed by atoms with E-state index in [1.165, 1.54) is 0 Å². The van der Waals surface area contributed by atoms with Crippen molar-refractivity contribution in [2.24, 2.45) is 0 Å². The van der Waals surface area contributed by atoms with Gasteiger partial charge in [0.05, 0.1) is 4.47 Å². The van der Waals surface area contributed by atoms with Crippen molar-refractivity contribution in [1.82, 2.24) is 4.57 Å². The molecule has 0 aromatic carbocycles. The Morgan fingerprint density at radius 2 is 2.42 bits per heavy atom. The van der Waals surface area contributed by atoms with Crippen molar-refractivity contribution in [3.05, 3.63) is 33.2 Å². The molecule has 0 unspecified atom stereocenters. The number of terminal acetylenes is 1. The predicted molar refractivity (Wildman–Crippen MR) is 51.9 cm³/mol. The van der Waals surface area contributed by atoms with Gasteiger partial charge in [-0.15, -0.1) is 12.3 Å². The van der Waals surface area contributed by atoms with Gasteiger partial charge in [0.1, 0.15) is 0 Å². The van der Waals surface area contributed by atoms with Gasteiger partial charge in [0.2, 0.25) is 0 Å². The van der Waals surface area contributed by atoms with Crippen molar-refractivity contribution >= 4 is 15.9 Å². The van der Waals surface area contributed by atoms with Gasteiger partial charge < -0.3 is 4.57 Å². The van der Waals surface area contributed by atoms with Crippen LogP contribution in [0.4, 0.5) is 0 Å². The molecule has 0 aliphatic carbocycles. The molecule has 12 heavy (non-hydrogen) atoms. The fourth-order valence-corrected chi connectivity index (χ4v) is 1.25. The maximum absolute atomic E-state index is 11.3. The largest absolute Gasteiger partial charge is 0.314 e. The number of rotatable bonds is 2. The minimum atomic E-state index is -0.0345. The molecule has 0 bridgehead atoms. The first-order valence-electron chi connectivity index (χ1n) is 3.54. The van der Waals surface area contributed by atoms with E-state index in [0.717, 1.165) is 0 Å². The molecule has 1 aromatic rings. The molecule has 62 valence electrons. The standard InChI is InChI=1S/C9H8BrNO/c1-2-3-6-11-7-4-5-8(10)9(11)12/h1,4-5,7H,3,6H2. The summed E-state index contributed by atoms with van der Waals surface area (Å²) in [6.07, 6.45) is 7.39. The summed E-state index contributed by atoms with van der Waals surface area (Å²) in [6.45, 7) is 0.578. The molecule has 1 aromatic heterocycles. The number of hydrogen-bond acceptors (Lipinski definition) is 1. The summed E-state index contributed by atoms with van der Waals surface area (Å²) in [7, 11) is 0. The van der Waals surface area contributed by atoms with Crippen LogP contribution in [-0.2, 0) is 6.54 Å². The van der Waals surface area contributed by atoms with Crippen molar-refractivity contribution in [2.45, 2.75) is 13.0 Å². The molecule has 0 fully saturated rings. The third-order valence-corrected chi connectivity index (χ3v) is 2.07. The molecule has 0 saturated heterocycles. The van der Waals surface area contributed by atoms with E-state index in [1.807, 2.05) is 6.07 Å².